The molecule has 142 valence electrons. The standard InChI is InChI=1S/C20H27FN2O3/c21-17-3-1-4-18(11-17)23-15-20(26-13-19(23)24)7-2-8-22(14-20)12-16-5-9-25-10-6-16/h1,3-4,11,16H,2,5-10,12-15H2. The van der Waals surface area contributed by atoms with E-state index in [4.69, 9.17) is 9.47 Å². The second-order valence-corrected chi connectivity index (χ2v) is 7.83. The predicted octanol–water partition coefficient (Wildman–Crippen LogP) is 2.45. The fourth-order valence-electron chi connectivity index (χ4n) is 4.48. The van der Waals surface area contributed by atoms with Crippen LogP contribution in [0.4, 0.5) is 10.1 Å². The van der Waals surface area contributed by atoms with Gasteiger partial charge in [0.15, 0.2) is 0 Å². The summed E-state index contributed by atoms with van der Waals surface area (Å²) in [6, 6.07) is 6.28. The van der Waals surface area contributed by atoms with Crippen molar-refractivity contribution in [3.8, 4) is 0 Å². The molecule has 0 aliphatic carbocycles. The van der Waals surface area contributed by atoms with Gasteiger partial charge in [0, 0.05) is 32.0 Å². The average molecular weight is 362 g/mol. The fraction of sp³-hybridized carbons (Fsp3) is 0.650. The van der Waals surface area contributed by atoms with Crippen molar-refractivity contribution < 1.29 is 18.7 Å². The van der Waals surface area contributed by atoms with Gasteiger partial charge in [0.05, 0.1) is 12.1 Å². The van der Waals surface area contributed by atoms with Gasteiger partial charge in [-0.05, 0) is 56.3 Å². The summed E-state index contributed by atoms with van der Waals surface area (Å²) in [5, 5.41) is 0. The van der Waals surface area contributed by atoms with Crippen molar-refractivity contribution in [1.82, 2.24) is 4.90 Å². The van der Waals surface area contributed by atoms with Crippen molar-refractivity contribution in [1.29, 1.82) is 0 Å². The maximum absolute atomic E-state index is 13.6. The van der Waals surface area contributed by atoms with Gasteiger partial charge in [-0.15, -0.1) is 0 Å². The molecular weight excluding hydrogens is 335 g/mol. The summed E-state index contributed by atoms with van der Waals surface area (Å²) >= 11 is 0. The smallest absolute Gasteiger partial charge is 0.253 e. The number of nitrogens with zero attached hydrogens (tertiary/aromatic N) is 2. The van der Waals surface area contributed by atoms with Gasteiger partial charge in [0.25, 0.3) is 5.91 Å². The number of ether oxygens (including phenoxy) is 2. The van der Waals surface area contributed by atoms with Crippen LogP contribution in [0.25, 0.3) is 0 Å². The Bertz CT molecular complexity index is 650. The molecule has 1 spiro atoms. The Kier molecular flexibility index (Phi) is 5.25. The van der Waals surface area contributed by atoms with Gasteiger partial charge in [0.2, 0.25) is 0 Å². The first kappa shape index (κ1) is 17.9. The number of carbonyl (C=O) groups excluding carboxylic acids is 1. The van der Waals surface area contributed by atoms with Gasteiger partial charge < -0.3 is 19.3 Å². The molecule has 6 heteroatoms. The van der Waals surface area contributed by atoms with Crippen molar-refractivity contribution in [3.05, 3.63) is 30.1 Å². The normalized spacial score (nSPS) is 28.7. The van der Waals surface area contributed by atoms with E-state index in [0.29, 0.717) is 18.2 Å². The first-order valence-corrected chi connectivity index (χ1v) is 9.64. The number of morpholine rings is 1. The zero-order chi connectivity index (χ0) is 18.0. The fourth-order valence-corrected chi connectivity index (χ4v) is 4.48. The molecule has 3 fully saturated rings. The molecule has 1 aromatic rings. The maximum atomic E-state index is 13.6. The highest BCUT2D eigenvalue weighted by molar-refractivity contribution is 5.95. The Morgan fingerprint density at radius 1 is 1.23 bits per heavy atom. The number of hydrogen-bond donors (Lipinski definition) is 0. The minimum absolute atomic E-state index is 0.0711. The zero-order valence-electron chi connectivity index (χ0n) is 15.2. The van der Waals surface area contributed by atoms with Crippen LogP contribution >= 0.6 is 0 Å². The SMILES string of the molecule is O=C1COC2(CCCN(CC3CCOCC3)C2)CN1c1cccc(F)c1. The lowest BCUT2D eigenvalue weighted by Crippen LogP contribution is -2.62. The van der Waals surface area contributed by atoms with Crippen LogP contribution in [-0.4, -0.2) is 62.4 Å². The number of amides is 1. The number of hydrogen-bond acceptors (Lipinski definition) is 4. The average Bonchev–Trinajstić information content (AvgIpc) is 2.65. The van der Waals surface area contributed by atoms with Crippen LogP contribution in [-0.2, 0) is 14.3 Å². The monoisotopic (exact) mass is 362 g/mol. The molecule has 3 heterocycles. The molecule has 26 heavy (non-hydrogen) atoms. The Morgan fingerprint density at radius 3 is 2.88 bits per heavy atom. The largest absolute Gasteiger partial charge is 0.381 e. The van der Waals surface area contributed by atoms with Crippen LogP contribution < -0.4 is 4.90 Å². The molecule has 0 bridgehead atoms. The second-order valence-electron chi connectivity index (χ2n) is 7.83. The lowest BCUT2D eigenvalue weighted by molar-refractivity contribution is -0.146. The highest BCUT2D eigenvalue weighted by Crippen LogP contribution is 2.32. The van der Waals surface area contributed by atoms with Crippen molar-refractivity contribution in [2.75, 3.05) is 50.9 Å². The van der Waals surface area contributed by atoms with E-state index in [1.807, 2.05) is 0 Å². The molecule has 3 aliphatic heterocycles. The van der Waals surface area contributed by atoms with Gasteiger partial charge in [-0.25, -0.2) is 4.39 Å². The molecule has 1 amide bonds. The zero-order valence-corrected chi connectivity index (χ0v) is 15.2. The molecule has 1 unspecified atom stereocenters. The topological polar surface area (TPSA) is 42.0 Å². The Hall–Kier alpha value is -1.50. The second kappa shape index (κ2) is 7.62. The highest BCUT2D eigenvalue weighted by Gasteiger charge is 2.43. The Balaban J connectivity index is 1.45. The highest BCUT2D eigenvalue weighted by atomic mass is 19.1. The first-order chi connectivity index (χ1) is 12.6. The van der Waals surface area contributed by atoms with Crippen molar-refractivity contribution in [2.24, 2.45) is 5.92 Å². The Morgan fingerprint density at radius 2 is 2.08 bits per heavy atom. The molecule has 1 atom stereocenters. The minimum Gasteiger partial charge on any atom is -0.381 e. The lowest BCUT2D eigenvalue weighted by Gasteiger charge is -2.48. The number of likely N-dealkylation sites (tertiary alicyclic amines) is 1. The first-order valence-electron chi connectivity index (χ1n) is 9.64. The van der Waals surface area contributed by atoms with E-state index < -0.39 is 0 Å². The van der Waals surface area contributed by atoms with Crippen LogP contribution in [0.5, 0.6) is 0 Å². The van der Waals surface area contributed by atoms with E-state index in [9.17, 15) is 9.18 Å². The summed E-state index contributed by atoms with van der Waals surface area (Å²) in [6.07, 6.45) is 4.25. The summed E-state index contributed by atoms with van der Waals surface area (Å²) in [4.78, 5) is 16.6. The van der Waals surface area contributed by atoms with E-state index in [1.54, 1.807) is 17.0 Å². The summed E-state index contributed by atoms with van der Waals surface area (Å²) in [5.74, 6) is 0.270. The number of benzene rings is 1. The number of anilines is 1. The summed E-state index contributed by atoms with van der Waals surface area (Å²) in [7, 11) is 0. The van der Waals surface area contributed by atoms with Gasteiger partial charge in [-0.1, -0.05) is 6.07 Å². The number of rotatable bonds is 3. The van der Waals surface area contributed by atoms with Crippen LogP contribution in [0, 0.1) is 11.7 Å². The van der Waals surface area contributed by atoms with Crippen molar-refractivity contribution >= 4 is 11.6 Å². The maximum Gasteiger partial charge on any atom is 0.253 e. The van der Waals surface area contributed by atoms with Gasteiger partial charge in [0.1, 0.15) is 12.4 Å². The van der Waals surface area contributed by atoms with Crippen LogP contribution in [0.1, 0.15) is 25.7 Å². The van der Waals surface area contributed by atoms with Gasteiger partial charge >= 0.3 is 0 Å². The van der Waals surface area contributed by atoms with Gasteiger partial charge in [-0.2, -0.15) is 0 Å². The van der Waals surface area contributed by atoms with E-state index in [-0.39, 0.29) is 23.9 Å². The van der Waals surface area contributed by atoms with Crippen LogP contribution in [0.2, 0.25) is 0 Å². The number of halogens is 1. The predicted molar refractivity (Wildman–Crippen MR) is 96.7 cm³/mol. The molecule has 0 saturated carbocycles. The van der Waals surface area contributed by atoms with E-state index >= 15 is 0 Å². The van der Waals surface area contributed by atoms with Crippen LogP contribution in [0.3, 0.4) is 0 Å². The molecule has 3 aliphatic rings. The molecular formula is C20H27FN2O3. The van der Waals surface area contributed by atoms with Crippen LogP contribution in [0.15, 0.2) is 24.3 Å². The lowest BCUT2D eigenvalue weighted by atomic mass is 9.89. The summed E-state index contributed by atoms with van der Waals surface area (Å²) < 4.78 is 25.2. The summed E-state index contributed by atoms with van der Waals surface area (Å²) in [6.45, 7) is 5.29. The van der Waals surface area contributed by atoms with E-state index in [2.05, 4.69) is 4.90 Å². The molecule has 3 saturated heterocycles. The molecule has 0 radical (unpaired) electrons. The molecule has 4 rings (SSSR count). The van der Waals surface area contributed by atoms with Crippen molar-refractivity contribution in [2.45, 2.75) is 31.3 Å². The third kappa shape index (κ3) is 3.92. The van der Waals surface area contributed by atoms with E-state index in [1.165, 1.54) is 12.1 Å². The quantitative estimate of drug-likeness (QED) is 0.828. The number of carbonyl (C=O) groups is 1. The van der Waals surface area contributed by atoms with Gasteiger partial charge in [-0.3, -0.25) is 4.79 Å². The summed E-state index contributed by atoms with van der Waals surface area (Å²) in [5.41, 5.74) is 0.281. The molecule has 1 aromatic carbocycles. The number of piperidine rings is 1. The third-order valence-electron chi connectivity index (χ3n) is 5.84. The Labute approximate surface area is 154 Å². The molecule has 0 N–H and O–H groups in total. The third-order valence-corrected chi connectivity index (χ3v) is 5.84. The van der Waals surface area contributed by atoms with E-state index in [0.717, 1.165) is 58.5 Å². The minimum atomic E-state index is -0.344. The molecule has 5 nitrogen and oxygen atoms in total. The van der Waals surface area contributed by atoms with Crippen molar-refractivity contribution in [3.63, 3.8) is 0 Å². The molecule has 0 aromatic heterocycles.